The first-order chi connectivity index (χ1) is 33.8. The van der Waals surface area contributed by atoms with Crippen LogP contribution in [0.5, 0.6) is 0 Å². The number of hydrogen-bond donors (Lipinski definition) is 9. The Morgan fingerprint density at radius 2 is 0.930 bits per heavy atom. The zero-order chi connectivity index (χ0) is 52.9. The largest absolute Gasteiger partial charge is 0.494 e. The van der Waals surface area contributed by atoms with E-state index in [0.717, 1.165) is 18.3 Å². The molecule has 24 heteroatoms. The zero-order valence-corrected chi connectivity index (χ0v) is 42.6. The summed E-state index contributed by atoms with van der Waals surface area (Å²) in [5.74, 6) is 0. The van der Waals surface area contributed by atoms with Gasteiger partial charge in [-0.25, -0.2) is 0 Å². The highest BCUT2D eigenvalue weighted by Gasteiger charge is 2.53. The Balaban J connectivity index is 0.000000239. The molecule has 5 fully saturated rings. The third-order valence-corrected chi connectivity index (χ3v) is 12.1. The van der Waals surface area contributed by atoms with Gasteiger partial charge in [0.15, 0.2) is 25.2 Å². The van der Waals surface area contributed by atoms with E-state index in [0.29, 0.717) is 18.7 Å². The molecule has 2 aromatic carbocycles. The maximum absolute atomic E-state index is 10.1. The van der Waals surface area contributed by atoms with Crippen LogP contribution in [0.1, 0.15) is 54.4 Å². The Hall–Kier alpha value is -2.31. The smallest absolute Gasteiger partial charge is 0.423 e. The van der Waals surface area contributed by atoms with Crippen LogP contribution >= 0.6 is 0 Å². The Morgan fingerprint density at radius 3 is 1.42 bits per heavy atom. The summed E-state index contributed by atoms with van der Waals surface area (Å²) in [6.45, 7) is 12.1. The summed E-state index contributed by atoms with van der Waals surface area (Å²) in [6, 6.07) is 18.3. The first kappa shape index (κ1) is 63.0. The van der Waals surface area contributed by atoms with Gasteiger partial charge in [-0.3, -0.25) is 0 Å². The van der Waals surface area contributed by atoms with Crippen LogP contribution in [0.25, 0.3) is 0 Å². The first-order valence-electron chi connectivity index (χ1n) is 23.9. The highest BCUT2D eigenvalue weighted by molar-refractivity contribution is 6.61. The van der Waals surface area contributed by atoms with Crippen LogP contribution < -0.4 is 10.9 Å². The van der Waals surface area contributed by atoms with Gasteiger partial charge in [0.25, 0.3) is 0 Å². The Morgan fingerprint density at radius 1 is 0.465 bits per heavy atom. The lowest BCUT2D eigenvalue weighted by Crippen LogP contribution is -2.59. The maximum Gasteiger partial charge on any atom is 0.494 e. The molecule has 5 saturated heterocycles. The molecule has 7 rings (SSSR count). The van der Waals surface area contributed by atoms with Crippen molar-refractivity contribution in [2.24, 2.45) is 0 Å². The van der Waals surface area contributed by atoms with Crippen LogP contribution in [0.3, 0.4) is 0 Å². The summed E-state index contributed by atoms with van der Waals surface area (Å²) in [5, 5.41) is 84.4. The lowest BCUT2D eigenvalue weighted by atomic mass is 9.79. The van der Waals surface area contributed by atoms with Crippen molar-refractivity contribution in [1.29, 1.82) is 0 Å². The molecule has 0 aliphatic carbocycles. The number of aliphatic hydroxyl groups is 7. The fraction of sp³-hybridized carbons (Fsp3) is 0.745. The van der Waals surface area contributed by atoms with E-state index in [1.165, 1.54) is 21.3 Å². The molecule has 0 bridgehead atoms. The van der Waals surface area contributed by atoms with Crippen LogP contribution in [0, 0.1) is 0 Å². The van der Waals surface area contributed by atoms with Gasteiger partial charge >= 0.3 is 14.2 Å². The third-order valence-electron chi connectivity index (χ3n) is 12.1. The normalized spacial score (nSPS) is 37.5. The molecule has 20 atom stereocenters. The fourth-order valence-corrected chi connectivity index (χ4v) is 8.05. The van der Waals surface area contributed by atoms with Gasteiger partial charge in [0.1, 0.15) is 73.2 Å². The van der Waals surface area contributed by atoms with Gasteiger partial charge in [-0.15, -0.1) is 0 Å². The molecule has 22 nitrogen and oxygen atoms in total. The minimum absolute atomic E-state index is 0.215. The Kier molecular flexibility index (Phi) is 28.6. The molecule has 0 spiro atoms. The van der Waals surface area contributed by atoms with Crippen molar-refractivity contribution in [1.82, 2.24) is 0 Å². The number of benzene rings is 2. The van der Waals surface area contributed by atoms with Crippen LogP contribution in [-0.4, -0.2) is 232 Å². The average Bonchev–Trinajstić information content (AvgIpc) is 3.83. The molecule has 406 valence electrons. The van der Waals surface area contributed by atoms with Gasteiger partial charge in [-0.05, 0) is 51.5 Å². The van der Waals surface area contributed by atoms with E-state index >= 15 is 0 Å². The summed E-state index contributed by atoms with van der Waals surface area (Å²) in [7, 11) is 5.69. The molecule has 0 amide bonds. The van der Waals surface area contributed by atoms with Gasteiger partial charge in [0.2, 0.25) is 0 Å². The number of ether oxygens (including phenoxy) is 11. The molecule has 0 unspecified atom stereocenters. The van der Waals surface area contributed by atoms with Gasteiger partial charge in [-0.1, -0.05) is 74.5 Å². The molecule has 0 aromatic heterocycles. The third kappa shape index (κ3) is 17.9. The Labute approximate surface area is 418 Å². The molecular weight excluding hydrogens is 938 g/mol. The molecule has 2 aromatic rings. The monoisotopic (exact) mass is 1020 g/mol. The second-order valence-corrected chi connectivity index (χ2v) is 17.3. The van der Waals surface area contributed by atoms with Crippen LogP contribution in [0.15, 0.2) is 60.7 Å². The van der Waals surface area contributed by atoms with E-state index in [1.54, 1.807) is 59.3 Å². The SMILES string of the molecule is CCCO[C@@H]1[C@@H](O)[C@H](C)O[C@@H](OC)[C@@H]1O.CCCO[C@@H]1[C@@H](OC)[C@H](C)O[C@@H](O)[C@@H]1OC.CO[C@@H]1O[C@@H](C)[C@H](O)[C@@H](O)[C@H]1O.CO[C@@H]1O[C@@H](C)[C@H](O)[C@H]2OB(c3ccccc3)O[C@@H]12.OB(O)c1ccccc1. The fourth-order valence-electron chi connectivity index (χ4n) is 8.05. The van der Waals surface area contributed by atoms with E-state index in [-0.39, 0.29) is 24.4 Å². The quantitative estimate of drug-likeness (QED) is 0.0999. The molecular formula is C47H80B2O22. The lowest BCUT2D eigenvalue weighted by Gasteiger charge is -2.42. The topological polar surface area (TPSA) is 302 Å². The first-order valence-corrected chi connectivity index (χ1v) is 23.9. The van der Waals surface area contributed by atoms with Crippen molar-refractivity contribution in [3.8, 4) is 0 Å². The Bertz CT molecular complexity index is 1660. The number of methoxy groups -OCH3 is 5. The van der Waals surface area contributed by atoms with E-state index in [1.807, 2.05) is 57.2 Å². The van der Waals surface area contributed by atoms with Crippen molar-refractivity contribution >= 4 is 25.2 Å². The molecule has 5 aliphatic heterocycles. The average molecular weight is 1020 g/mol. The predicted molar refractivity (Wildman–Crippen MR) is 256 cm³/mol. The van der Waals surface area contributed by atoms with Gasteiger partial charge in [0.05, 0.1) is 24.4 Å². The lowest BCUT2D eigenvalue weighted by molar-refractivity contribution is -0.295. The molecule has 5 aliphatic rings. The standard InChI is InChI=1S/C13H17BO5.C11H22O5.C10H20O5.C7H14O5.C6H7BO2/c1-8-10(15)11-12(13(16-2)17-8)19-14(18-11)9-6-4-3-5-7-9;1-5-6-15-9-8(13-3)7(2)16-11(12)10(9)14-4;1-4-5-14-9-7(11)6(2)15-10(13-3)8(9)12;1-3-4(8)5(9)6(10)7(11-2)12-3;8-7(9)6-4-2-1-3-5-6/h3-8,10-13,15H,1-2H3;7-12H,5-6H2,1-4H3;6-12H,4-5H2,1-3H3;3-10H,1-2H3;1-5,8-9H/t8-,10-,11+,12+,13+;7-,8-,9+,10+,11+;6-,7-,8+,9+,10+;3-,4-,5+,6+,7+;/m0000./s1. The van der Waals surface area contributed by atoms with Gasteiger partial charge in [-0.2, -0.15) is 0 Å². The van der Waals surface area contributed by atoms with E-state index in [9.17, 15) is 35.7 Å². The highest BCUT2D eigenvalue weighted by Crippen LogP contribution is 2.32. The van der Waals surface area contributed by atoms with Crippen molar-refractivity contribution < 1.29 is 107 Å². The number of fused-ring (bicyclic) bond motifs is 1. The number of hydrogen-bond acceptors (Lipinski definition) is 22. The maximum atomic E-state index is 10.1. The second-order valence-electron chi connectivity index (χ2n) is 17.3. The number of rotatable bonds is 13. The molecule has 0 radical (unpaired) electrons. The predicted octanol–water partition coefficient (Wildman–Crippen LogP) is -1.81. The van der Waals surface area contributed by atoms with Gasteiger partial charge in [0, 0.05) is 48.8 Å². The minimum atomic E-state index is -1.34. The molecule has 5 heterocycles. The van der Waals surface area contributed by atoms with E-state index in [4.69, 9.17) is 71.5 Å². The van der Waals surface area contributed by atoms with Crippen molar-refractivity contribution in [3.63, 3.8) is 0 Å². The van der Waals surface area contributed by atoms with E-state index in [2.05, 4.69) is 0 Å². The summed E-state index contributed by atoms with van der Waals surface area (Å²) in [6.07, 6.45) is -11.3. The summed E-state index contributed by atoms with van der Waals surface area (Å²) in [5.41, 5.74) is 1.45. The summed E-state index contributed by atoms with van der Waals surface area (Å²) >= 11 is 0. The van der Waals surface area contributed by atoms with Crippen molar-refractivity contribution in [3.05, 3.63) is 60.7 Å². The second kappa shape index (κ2) is 32.2. The summed E-state index contributed by atoms with van der Waals surface area (Å²) < 4.78 is 69.5. The van der Waals surface area contributed by atoms with Crippen molar-refractivity contribution in [2.75, 3.05) is 48.8 Å². The highest BCUT2D eigenvalue weighted by atomic mass is 16.7. The van der Waals surface area contributed by atoms with Crippen LogP contribution in [-0.2, 0) is 61.4 Å². The van der Waals surface area contributed by atoms with Crippen molar-refractivity contribution in [2.45, 2.75) is 177 Å². The minimum Gasteiger partial charge on any atom is -0.423 e. The molecule has 71 heavy (non-hydrogen) atoms. The zero-order valence-electron chi connectivity index (χ0n) is 42.6. The summed E-state index contributed by atoms with van der Waals surface area (Å²) in [4.78, 5) is 0. The van der Waals surface area contributed by atoms with E-state index < -0.39 is 113 Å². The van der Waals surface area contributed by atoms with Gasteiger partial charge < -0.3 is 107 Å². The number of aliphatic hydroxyl groups excluding tert-OH is 7. The van der Waals surface area contributed by atoms with Crippen LogP contribution in [0.4, 0.5) is 0 Å². The molecule has 9 N–H and O–H groups in total. The molecule has 0 saturated carbocycles. The van der Waals surface area contributed by atoms with Crippen LogP contribution in [0.2, 0.25) is 0 Å².